The second-order valence-corrected chi connectivity index (χ2v) is 8.60. The van der Waals surface area contributed by atoms with Gasteiger partial charge in [0.1, 0.15) is 5.37 Å². The van der Waals surface area contributed by atoms with Crippen molar-refractivity contribution in [3.05, 3.63) is 95.1 Å². The van der Waals surface area contributed by atoms with Crippen LogP contribution in [0, 0.1) is 13.8 Å². The number of amides is 2. The van der Waals surface area contributed by atoms with Crippen molar-refractivity contribution < 1.29 is 9.59 Å². The minimum atomic E-state index is -0.106. The summed E-state index contributed by atoms with van der Waals surface area (Å²) in [6.07, 6.45) is 0.330. The standard InChI is InChI=1S/C25H24N2O2S/c1-17-11-12-22(13-18(17)2)27-24(29)16-30-25(27)20-9-6-10-21(15-20)26-23(28)14-19-7-4-3-5-8-19/h3-13,15,25H,14,16H2,1-2H3,(H,26,28). The fourth-order valence-corrected chi connectivity index (χ4v) is 4.75. The number of thioether (sulfide) groups is 1. The predicted octanol–water partition coefficient (Wildman–Crippen LogP) is 5.26. The Bertz CT molecular complexity index is 1080. The fraction of sp³-hybridized carbons (Fsp3) is 0.200. The van der Waals surface area contributed by atoms with Crippen molar-refractivity contribution in [2.75, 3.05) is 16.0 Å². The summed E-state index contributed by atoms with van der Waals surface area (Å²) in [5, 5.41) is 2.88. The molecule has 1 N–H and O–H groups in total. The molecule has 0 aromatic heterocycles. The Morgan fingerprint density at radius 3 is 2.57 bits per heavy atom. The monoisotopic (exact) mass is 416 g/mol. The summed E-state index contributed by atoms with van der Waals surface area (Å²) < 4.78 is 0. The molecule has 0 radical (unpaired) electrons. The fourth-order valence-electron chi connectivity index (χ4n) is 3.58. The largest absolute Gasteiger partial charge is 0.326 e. The van der Waals surface area contributed by atoms with Gasteiger partial charge in [0.2, 0.25) is 11.8 Å². The Hall–Kier alpha value is -3.05. The summed E-state index contributed by atoms with van der Waals surface area (Å²) in [7, 11) is 0. The first-order valence-corrected chi connectivity index (χ1v) is 11.0. The molecule has 4 rings (SSSR count). The number of carbonyl (C=O) groups excluding carboxylic acids is 2. The lowest BCUT2D eigenvalue weighted by Crippen LogP contribution is -2.28. The summed E-state index contributed by atoms with van der Waals surface area (Å²) in [6, 6.07) is 23.6. The van der Waals surface area contributed by atoms with Gasteiger partial charge in [0.25, 0.3) is 0 Å². The Morgan fingerprint density at radius 1 is 1.00 bits per heavy atom. The molecule has 1 aliphatic heterocycles. The maximum Gasteiger partial charge on any atom is 0.238 e. The SMILES string of the molecule is Cc1ccc(N2C(=O)CSC2c2cccc(NC(=O)Cc3ccccc3)c2)cc1C. The molecule has 0 aliphatic carbocycles. The average Bonchev–Trinajstić information content (AvgIpc) is 3.12. The smallest absolute Gasteiger partial charge is 0.238 e. The number of anilines is 2. The molecule has 1 aliphatic rings. The molecule has 1 saturated heterocycles. The van der Waals surface area contributed by atoms with E-state index in [9.17, 15) is 9.59 Å². The third-order valence-corrected chi connectivity index (χ3v) is 6.51. The zero-order valence-electron chi connectivity index (χ0n) is 17.1. The van der Waals surface area contributed by atoms with Crippen LogP contribution in [0.1, 0.15) is 27.6 Å². The van der Waals surface area contributed by atoms with Gasteiger partial charge in [0.15, 0.2) is 0 Å². The van der Waals surface area contributed by atoms with Crippen molar-refractivity contribution in [1.29, 1.82) is 0 Å². The Labute approximate surface area is 181 Å². The summed E-state index contributed by atoms with van der Waals surface area (Å²) >= 11 is 1.61. The van der Waals surface area contributed by atoms with Crippen molar-refractivity contribution in [3.63, 3.8) is 0 Å². The van der Waals surface area contributed by atoms with Crippen molar-refractivity contribution in [3.8, 4) is 0 Å². The maximum atomic E-state index is 12.7. The molecule has 4 nitrogen and oxygen atoms in total. The van der Waals surface area contributed by atoms with Crippen LogP contribution in [0.5, 0.6) is 0 Å². The Kier molecular flexibility index (Phi) is 5.91. The number of rotatable bonds is 5. The number of hydrogen-bond acceptors (Lipinski definition) is 3. The normalized spacial score (nSPS) is 16.0. The molecule has 0 spiro atoms. The lowest BCUT2D eigenvalue weighted by Gasteiger charge is -2.25. The number of nitrogens with zero attached hydrogens (tertiary/aromatic N) is 1. The third-order valence-electron chi connectivity index (χ3n) is 5.30. The van der Waals surface area contributed by atoms with Gasteiger partial charge >= 0.3 is 0 Å². The summed E-state index contributed by atoms with van der Waals surface area (Å²) in [4.78, 5) is 27.0. The number of carbonyl (C=O) groups is 2. The highest BCUT2D eigenvalue weighted by Crippen LogP contribution is 2.42. The summed E-state index contributed by atoms with van der Waals surface area (Å²) in [5.41, 5.74) is 6.01. The summed E-state index contributed by atoms with van der Waals surface area (Å²) in [6.45, 7) is 4.13. The van der Waals surface area contributed by atoms with Crippen LogP contribution < -0.4 is 10.2 Å². The Morgan fingerprint density at radius 2 is 1.80 bits per heavy atom. The highest BCUT2D eigenvalue weighted by molar-refractivity contribution is 8.00. The molecule has 152 valence electrons. The minimum absolute atomic E-state index is 0.0560. The quantitative estimate of drug-likeness (QED) is 0.617. The van der Waals surface area contributed by atoms with Crippen LogP contribution in [-0.2, 0) is 16.0 Å². The second kappa shape index (κ2) is 8.76. The number of aryl methyl sites for hydroxylation is 2. The number of nitrogens with one attached hydrogen (secondary N) is 1. The van der Waals surface area contributed by atoms with Gasteiger partial charge in [-0.2, -0.15) is 0 Å². The van der Waals surface area contributed by atoms with Gasteiger partial charge in [0.05, 0.1) is 12.2 Å². The van der Waals surface area contributed by atoms with Gasteiger partial charge < -0.3 is 5.32 Å². The van der Waals surface area contributed by atoms with Crippen molar-refractivity contribution >= 4 is 35.0 Å². The molecule has 30 heavy (non-hydrogen) atoms. The van der Waals surface area contributed by atoms with Gasteiger partial charge in [-0.1, -0.05) is 48.5 Å². The molecule has 0 bridgehead atoms. The highest BCUT2D eigenvalue weighted by atomic mass is 32.2. The topological polar surface area (TPSA) is 49.4 Å². The molecule has 5 heteroatoms. The van der Waals surface area contributed by atoms with E-state index in [1.165, 1.54) is 5.56 Å². The first-order chi connectivity index (χ1) is 14.5. The zero-order valence-corrected chi connectivity index (χ0v) is 17.9. The van der Waals surface area contributed by atoms with Crippen LogP contribution in [0.3, 0.4) is 0 Å². The van der Waals surface area contributed by atoms with Gasteiger partial charge in [-0.05, 0) is 60.4 Å². The minimum Gasteiger partial charge on any atom is -0.326 e. The molecular formula is C25H24N2O2S. The molecular weight excluding hydrogens is 392 g/mol. The lowest BCUT2D eigenvalue weighted by atomic mass is 10.1. The Balaban J connectivity index is 1.54. The van der Waals surface area contributed by atoms with Crippen LogP contribution in [-0.4, -0.2) is 17.6 Å². The van der Waals surface area contributed by atoms with E-state index in [2.05, 4.69) is 31.3 Å². The van der Waals surface area contributed by atoms with E-state index in [1.54, 1.807) is 11.8 Å². The molecule has 3 aromatic rings. The molecule has 0 saturated carbocycles. The molecule has 1 atom stereocenters. The average molecular weight is 417 g/mol. The van der Waals surface area contributed by atoms with Crippen LogP contribution in [0.2, 0.25) is 0 Å². The first kappa shape index (κ1) is 20.2. The van der Waals surface area contributed by atoms with Crippen LogP contribution in [0.25, 0.3) is 0 Å². The van der Waals surface area contributed by atoms with Crippen molar-refractivity contribution in [1.82, 2.24) is 0 Å². The van der Waals surface area contributed by atoms with E-state index < -0.39 is 0 Å². The van der Waals surface area contributed by atoms with E-state index >= 15 is 0 Å². The van der Waals surface area contributed by atoms with E-state index in [0.717, 1.165) is 28.1 Å². The van der Waals surface area contributed by atoms with E-state index in [4.69, 9.17) is 0 Å². The van der Waals surface area contributed by atoms with Gasteiger partial charge in [-0.25, -0.2) is 0 Å². The lowest BCUT2D eigenvalue weighted by molar-refractivity contribution is -0.116. The maximum absolute atomic E-state index is 12.7. The molecule has 1 fully saturated rings. The molecule has 2 amide bonds. The second-order valence-electron chi connectivity index (χ2n) is 7.53. The van der Waals surface area contributed by atoms with E-state index in [0.29, 0.717) is 12.2 Å². The van der Waals surface area contributed by atoms with Gasteiger partial charge in [0, 0.05) is 11.4 Å². The van der Waals surface area contributed by atoms with Crippen LogP contribution in [0.15, 0.2) is 72.8 Å². The van der Waals surface area contributed by atoms with Gasteiger partial charge in [-0.15, -0.1) is 11.8 Å². The van der Waals surface area contributed by atoms with Crippen LogP contribution >= 0.6 is 11.8 Å². The number of benzene rings is 3. The first-order valence-electron chi connectivity index (χ1n) is 9.96. The highest BCUT2D eigenvalue weighted by Gasteiger charge is 2.34. The van der Waals surface area contributed by atoms with Crippen molar-refractivity contribution in [2.24, 2.45) is 0 Å². The molecule has 1 unspecified atom stereocenters. The van der Waals surface area contributed by atoms with E-state index in [1.807, 2.05) is 65.6 Å². The molecule has 3 aromatic carbocycles. The predicted molar refractivity (Wildman–Crippen MR) is 124 cm³/mol. The van der Waals surface area contributed by atoms with Crippen molar-refractivity contribution in [2.45, 2.75) is 25.6 Å². The van der Waals surface area contributed by atoms with E-state index in [-0.39, 0.29) is 17.2 Å². The van der Waals surface area contributed by atoms with Crippen LogP contribution in [0.4, 0.5) is 11.4 Å². The third kappa shape index (κ3) is 4.41. The summed E-state index contributed by atoms with van der Waals surface area (Å²) in [5.74, 6) is 0.494. The number of hydrogen-bond donors (Lipinski definition) is 1. The zero-order chi connectivity index (χ0) is 21.1. The molecule has 1 heterocycles. The van der Waals surface area contributed by atoms with Gasteiger partial charge in [-0.3, -0.25) is 14.5 Å².